The van der Waals surface area contributed by atoms with Crippen LogP contribution in [-0.2, 0) is 0 Å². The van der Waals surface area contributed by atoms with Crippen LogP contribution < -0.4 is 4.90 Å². The van der Waals surface area contributed by atoms with Gasteiger partial charge in [-0.05, 0) is 31.2 Å². The number of aliphatic hydroxyl groups is 1. The lowest BCUT2D eigenvalue weighted by Gasteiger charge is -2.24. The van der Waals surface area contributed by atoms with Crippen LogP contribution in [-0.4, -0.2) is 49.3 Å². The lowest BCUT2D eigenvalue weighted by molar-refractivity contribution is 0.204. The third kappa shape index (κ3) is 3.60. The molecule has 1 aromatic carbocycles. The highest BCUT2D eigenvalue weighted by Crippen LogP contribution is 2.24. The van der Waals surface area contributed by atoms with E-state index in [1.165, 1.54) is 0 Å². The molecule has 0 amide bonds. The van der Waals surface area contributed by atoms with Gasteiger partial charge in [-0.1, -0.05) is 11.6 Å². The first kappa shape index (κ1) is 14.1. The van der Waals surface area contributed by atoms with Crippen LogP contribution in [0.2, 0.25) is 5.02 Å². The average molecular weight is 280 g/mol. The van der Waals surface area contributed by atoms with Crippen LogP contribution in [0.25, 0.3) is 0 Å². The number of anilines is 1. The van der Waals surface area contributed by atoms with Crippen LogP contribution in [0.1, 0.15) is 12.0 Å². The Morgan fingerprint density at radius 1 is 1.26 bits per heavy atom. The molecule has 4 nitrogen and oxygen atoms in total. The van der Waals surface area contributed by atoms with Gasteiger partial charge in [0.25, 0.3) is 0 Å². The first-order valence-corrected chi connectivity index (χ1v) is 6.90. The highest BCUT2D eigenvalue weighted by atomic mass is 35.5. The minimum atomic E-state index is 0.199. The molecule has 1 fully saturated rings. The first-order valence-electron chi connectivity index (χ1n) is 6.52. The Morgan fingerprint density at radius 3 is 2.84 bits per heavy atom. The highest BCUT2D eigenvalue weighted by Gasteiger charge is 2.17. The zero-order valence-electron chi connectivity index (χ0n) is 10.8. The van der Waals surface area contributed by atoms with E-state index >= 15 is 0 Å². The van der Waals surface area contributed by atoms with Gasteiger partial charge in [0.05, 0.1) is 17.9 Å². The summed E-state index contributed by atoms with van der Waals surface area (Å²) in [5.41, 5.74) is 1.58. The Kier molecular flexibility index (Phi) is 5.03. The van der Waals surface area contributed by atoms with Crippen molar-refractivity contribution in [3.8, 4) is 6.07 Å². The highest BCUT2D eigenvalue weighted by molar-refractivity contribution is 6.30. The van der Waals surface area contributed by atoms with Gasteiger partial charge in [0, 0.05) is 31.2 Å². The van der Waals surface area contributed by atoms with Gasteiger partial charge in [0.1, 0.15) is 6.07 Å². The number of nitriles is 1. The number of β-amino-alcohol motifs (C(OH)–C–C–N with tert-alkyl or cyclic N) is 1. The van der Waals surface area contributed by atoms with Crippen molar-refractivity contribution in [3.63, 3.8) is 0 Å². The molecule has 2 rings (SSSR count). The number of aliphatic hydroxyl groups excluding tert-OH is 1. The lowest BCUT2D eigenvalue weighted by atomic mass is 10.1. The van der Waals surface area contributed by atoms with Gasteiger partial charge in [-0.25, -0.2) is 0 Å². The molecule has 0 bridgehead atoms. The number of hydrogen-bond donors (Lipinski definition) is 1. The zero-order valence-corrected chi connectivity index (χ0v) is 11.6. The van der Waals surface area contributed by atoms with Gasteiger partial charge in [-0.15, -0.1) is 0 Å². The minimum Gasteiger partial charge on any atom is -0.395 e. The van der Waals surface area contributed by atoms with Gasteiger partial charge < -0.3 is 10.0 Å². The summed E-state index contributed by atoms with van der Waals surface area (Å²) in [6.07, 6.45) is 1.04. The van der Waals surface area contributed by atoms with Crippen LogP contribution in [0.4, 0.5) is 5.69 Å². The number of rotatable bonds is 3. The van der Waals surface area contributed by atoms with E-state index in [1.54, 1.807) is 6.07 Å². The van der Waals surface area contributed by atoms with Crippen molar-refractivity contribution in [1.29, 1.82) is 5.26 Å². The van der Waals surface area contributed by atoms with Gasteiger partial charge in [0.15, 0.2) is 0 Å². The summed E-state index contributed by atoms with van der Waals surface area (Å²) in [5, 5.41) is 18.8. The van der Waals surface area contributed by atoms with Crippen molar-refractivity contribution in [2.75, 3.05) is 44.2 Å². The second-order valence-electron chi connectivity index (χ2n) is 4.68. The SMILES string of the molecule is N#Cc1cc(Cl)ccc1N1CCCN(CCO)CC1. The van der Waals surface area contributed by atoms with Crippen molar-refractivity contribution < 1.29 is 5.11 Å². The van der Waals surface area contributed by atoms with E-state index < -0.39 is 0 Å². The maximum absolute atomic E-state index is 9.20. The predicted molar refractivity (Wildman–Crippen MR) is 76.5 cm³/mol. The molecule has 0 atom stereocenters. The average Bonchev–Trinajstić information content (AvgIpc) is 2.65. The summed E-state index contributed by atoms with van der Waals surface area (Å²) >= 11 is 5.93. The Morgan fingerprint density at radius 2 is 2.11 bits per heavy atom. The molecule has 19 heavy (non-hydrogen) atoms. The van der Waals surface area contributed by atoms with E-state index in [9.17, 15) is 5.26 Å². The smallest absolute Gasteiger partial charge is 0.101 e. The molecule has 5 heteroatoms. The monoisotopic (exact) mass is 279 g/mol. The second kappa shape index (κ2) is 6.76. The zero-order chi connectivity index (χ0) is 13.7. The largest absolute Gasteiger partial charge is 0.395 e. The summed E-state index contributed by atoms with van der Waals surface area (Å²) in [6, 6.07) is 7.67. The molecule has 1 aromatic rings. The molecule has 1 saturated heterocycles. The first-order chi connectivity index (χ1) is 9.24. The summed E-state index contributed by atoms with van der Waals surface area (Å²) < 4.78 is 0. The molecule has 102 valence electrons. The van der Waals surface area contributed by atoms with Crippen LogP contribution in [0.5, 0.6) is 0 Å². The van der Waals surface area contributed by atoms with E-state index in [-0.39, 0.29) is 6.61 Å². The van der Waals surface area contributed by atoms with E-state index in [2.05, 4.69) is 15.9 Å². The Bertz CT molecular complexity index is 472. The predicted octanol–water partition coefficient (Wildman–Crippen LogP) is 1.72. The molecule has 0 aliphatic carbocycles. The Labute approximate surface area is 118 Å². The molecule has 0 radical (unpaired) electrons. The number of hydrogen-bond acceptors (Lipinski definition) is 4. The maximum Gasteiger partial charge on any atom is 0.101 e. The van der Waals surface area contributed by atoms with Crippen molar-refractivity contribution in [3.05, 3.63) is 28.8 Å². The third-order valence-corrected chi connectivity index (χ3v) is 3.66. The fourth-order valence-electron chi connectivity index (χ4n) is 2.45. The molecule has 0 spiro atoms. The van der Waals surface area contributed by atoms with Crippen molar-refractivity contribution in [2.45, 2.75) is 6.42 Å². The Hall–Kier alpha value is -1.28. The summed E-state index contributed by atoms with van der Waals surface area (Å²) in [7, 11) is 0. The Balaban J connectivity index is 2.12. The molecule has 0 unspecified atom stereocenters. The molecular weight excluding hydrogens is 262 g/mol. The molecule has 1 aliphatic heterocycles. The normalized spacial score (nSPS) is 17.0. The fraction of sp³-hybridized carbons (Fsp3) is 0.500. The summed E-state index contributed by atoms with van der Waals surface area (Å²) in [6.45, 7) is 4.62. The minimum absolute atomic E-state index is 0.199. The van der Waals surface area contributed by atoms with E-state index in [4.69, 9.17) is 16.7 Å². The van der Waals surface area contributed by atoms with Crippen LogP contribution >= 0.6 is 11.6 Å². The molecule has 0 saturated carbocycles. The molecule has 1 aliphatic rings. The number of benzene rings is 1. The quantitative estimate of drug-likeness (QED) is 0.915. The van der Waals surface area contributed by atoms with Gasteiger partial charge >= 0.3 is 0 Å². The van der Waals surface area contributed by atoms with Crippen LogP contribution in [0, 0.1) is 11.3 Å². The van der Waals surface area contributed by atoms with E-state index in [0.29, 0.717) is 10.6 Å². The van der Waals surface area contributed by atoms with E-state index in [1.807, 2.05) is 12.1 Å². The van der Waals surface area contributed by atoms with Gasteiger partial charge in [-0.2, -0.15) is 5.26 Å². The standard InChI is InChI=1S/C14H18ClN3O/c15-13-2-3-14(12(10-13)11-16)18-5-1-4-17(6-7-18)8-9-19/h2-3,10,19H,1,4-9H2. The summed E-state index contributed by atoms with van der Waals surface area (Å²) in [5.74, 6) is 0. The molecule has 1 heterocycles. The lowest BCUT2D eigenvalue weighted by Crippen LogP contribution is -2.32. The van der Waals surface area contributed by atoms with Crippen molar-refractivity contribution >= 4 is 17.3 Å². The van der Waals surface area contributed by atoms with Crippen molar-refractivity contribution in [1.82, 2.24) is 4.90 Å². The van der Waals surface area contributed by atoms with Crippen molar-refractivity contribution in [2.24, 2.45) is 0 Å². The summed E-state index contributed by atoms with van der Waals surface area (Å²) in [4.78, 5) is 4.48. The number of nitrogens with zero attached hydrogens (tertiary/aromatic N) is 3. The van der Waals surface area contributed by atoms with Gasteiger partial charge in [0.2, 0.25) is 0 Å². The fourth-order valence-corrected chi connectivity index (χ4v) is 2.62. The maximum atomic E-state index is 9.20. The number of halogens is 1. The molecular formula is C14H18ClN3O. The van der Waals surface area contributed by atoms with Crippen LogP contribution in [0.3, 0.4) is 0 Å². The van der Waals surface area contributed by atoms with Crippen LogP contribution in [0.15, 0.2) is 18.2 Å². The van der Waals surface area contributed by atoms with E-state index in [0.717, 1.165) is 44.8 Å². The third-order valence-electron chi connectivity index (χ3n) is 3.42. The topological polar surface area (TPSA) is 50.5 Å². The molecule has 0 aromatic heterocycles. The second-order valence-corrected chi connectivity index (χ2v) is 5.12. The molecule has 1 N–H and O–H groups in total. The van der Waals surface area contributed by atoms with Gasteiger partial charge in [-0.3, -0.25) is 4.90 Å².